The van der Waals surface area contributed by atoms with Crippen LogP contribution in [-0.2, 0) is 11.0 Å². The first-order valence-corrected chi connectivity index (χ1v) is 9.89. The largest absolute Gasteiger partial charge is 0.419 e. The number of anilines is 2. The molecule has 1 amide bonds. The summed E-state index contributed by atoms with van der Waals surface area (Å²) in [6.45, 7) is 3.54. The highest BCUT2D eigenvalue weighted by Gasteiger charge is 2.34. The van der Waals surface area contributed by atoms with Crippen LogP contribution in [0.15, 0.2) is 42.7 Å². The first-order valence-electron chi connectivity index (χ1n) is 9.89. The number of aliphatic hydroxyl groups is 1. The molecule has 0 unspecified atom stereocenters. The van der Waals surface area contributed by atoms with Crippen LogP contribution in [0.3, 0.4) is 0 Å². The number of nitrogens with zero attached hydrogens (tertiary/aromatic N) is 4. The van der Waals surface area contributed by atoms with Crippen LogP contribution in [0.2, 0.25) is 0 Å². The highest BCUT2D eigenvalue weighted by Crippen LogP contribution is 2.33. The van der Waals surface area contributed by atoms with Crippen molar-refractivity contribution in [3.05, 3.63) is 70.9 Å². The molecule has 0 radical (unpaired) electrons. The van der Waals surface area contributed by atoms with Crippen LogP contribution in [-0.4, -0.2) is 30.8 Å². The molecule has 0 fully saturated rings. The Kier molecular flexibility index (Phi) is 5.69. The number of hydrogen-bond donors (Lipinski definition) is 3. The van der Waals surface area contributed by atoms with E-state index in [9.17, 15) is 27.5 Å². The van der Waals surface area contributed by atoms with Crippen molar-refractivity contribution in [2.24, 2.45) is 0 Å². The molecule has 0 spiro atoms. The molecular formula is C22H18F4N6O2. The number of fused-ring (bicyclic) bond motifs is 1. The topological polar surface area (TPSA) is 119 Å². The van der Waals surface area contributed by atoms with Crippen LogP contribution in [0.1, 0.15) is 28.5 Å². The number of aliphatic hydroxyl groups excluding tert-OH is 1. The molecule has 8 nitrogen and oxygen atoms in total. The van der Waals surface area contributed by atoms with Crippen LogP contribution >= 0.6 is 0 Å². The van der Waals surface area contributed by atoms with Gasteiger partial charge >= 0.3 is 6.18 Å². The van der Waals surface area contributed by atoms with E-state index in [0.717, 1.165) is 6.07 Å². The van der Waals surface area contributed by atoms with Gasteiger partial charge in [0, 0.05) is 5.69 Å². The van der Waals surface area contributed by atoms with E-state index in [1.807, 2.05) is 0 Å². The molecule has 0 saturated heterocycles. The summed E-state index contributed by atoms with van der Waals surface area (Å²) in [6, 6.07) is 6.62. The molecule has 0 saturated carbocycles. The molecule has 2 aromatic heterocycles. The van der Waals surface area contributed by atoms with Crippen molar-refractivity contribution >= 4 is 28.4 Å². The number of hydrogen-bond acceptors (Lipinski definition) is 6. The van der Waals surface area contributed by atoms with Gasteiger partial charge in [0.15, 0.2) is 11.9 Å². The molecule has 0 aliphatic carbocycles. The Morgan fingerprint density at radius 1 is 1.15 bits per heavy atom. The van der Waals surface area contributed by atoms with E-state index < -0.39 is 29.6 Å². The molecule has 4 rings (SSSR count). The molecule has 4 N–H and O–H groups in total. The summed E-state index contributed by atoms with van der Waals surface area (Å²) in [5.74, 6) is -2.28. The monoisotopic (exact) mass is 474 g/mol. The normalized spacial score (nSPS) is 12.7. The van der Waals surface area contributed by atoms with E-state index in [-0.39, 0.29) is 11.4 Å². The second kappa shape index (κ2) is 8.37. The van der Waals surface area contributed by atoms with Gasteiger partial charge in [0.1, 0.15) is 23.2 Å². The fourth-order valence-corrected chi connectivity index (χ4v) is 3.55. The van der Waals surface area contributed by atoms with Gasteiger partial charge in [-0.1, -0.05) is 6.07 Å². The Labute approximate surface area is 190 Å². The van der Waals surface area contributed by atoms with Gasteiger partial charge in [-0.15, -0.1) is 0 Å². The molecule has 2 heterocycles. The maximum atomic E-state index is 13.8. The second-order valence-corrected chi connectivity index (χ2v) is 7.58. The van der Waals surface area contributed by atoms with Crippen molar-refractivity contribution in [1.29, 1.82) is 0 Å². The summed E-state index contributed by atoms with van der Waals surface area (Å²) in [5.41, 5.74) is 7.59. The SMILES string of the molecule is Cc1cc(NC(=O)[C@H](O)c2ccc(C(F)(F)F)c(F)c2)ccc1-n1nc(C)c2ncnc(N)c21. The number of alkyl halides is 3. The van der Waals surface area contributed by atoms with Gasteiger partial charge in [-0.25, -0.2) is 19.0 Å². The summed E-state index contributed by atoms with van der Waals surface area (Å²) in [6.07, 6.45) is -5.42. The lowest BCUT2D eigenvalue weighted by atomic mass is 10.0. The zero-order valence-corrected chi connectivity index (χ0v) is 17.9. The molecule has 4 aromatic rings. The first-order chi connectivity index (χ1) is 16.0. The average Bonchev–Trinajstić information content (AvgIpc) is 3.10. The van der Waals surface area contributed by atoms with Gasteiger partial charge in [0.05, 0.1) is 16.9 Å². The fourth-order valence-electron chi connectivity index (χ4n) is 3.55. The summed E-state index contributed by atoms with van der Waals surface area (Å²) in [7, 11) is 0. The summed E-state index contributed by atoms with van der Waals surface area (Å²) >= 11 is 0. The molecule has 1 atom stereocenters. The zero-order valence-electron chi connectivity index (χ0n) is 17.9. The van der Waals surface area contributed by atoms with Gasteiger partial charge < -0.3 is 16.2 Å². The van der Waals surface area contributed by atoms with Crippen molar-refractivity contribution < 1.29 is 27.5 Å². The Bertz CT molecular complexity index is 1420. The molecule has 176 valence electrons. The van der Waals surface area contributed by atoms with Gasteiger partial charge in [-0.2, -0.15) is 18.3 Å². The third kappa shape index (κ3) is 4.15. The molecule has 0 aliphatic heterocycles. The molecule has 0 aliphatic rings. The summed E-state index contributed by atoms with van der Waals surface area (Å²) in [5, 5.41) is 17.1. The van der Waals surface area contributed by atoms with Crippen molar-refractivity contribution in [3.8, 4) is 5.69 Å². The third-order valence-electron chi connectivity index (χ3n) is 5.21. The van der Waals surface area contributed by atoms with Gasteiger partial charge in [0.2, 0.25) is 0 Å². The predicted octanol–water partition coefficient (Wildman–Crippen LogP) is 3.84. The number of amides is 1. The van der Waals surface area contributed by atoms with Crippen LogP contribution in [0.5, 0.6) is 0 Å². The van der Waals surface area contributed by atoms with E-state index in [1.54, 1.807) is 36.7 Å². The lowest BCUT2D eigenvalue weighted by Gasteiger charge is -2.15. The molecule has 2 aromatic carbocycles. The minimum Gasteiger partial charge on any atom is -0.382 e. The number of nitrogens with two attached hydrogens (primary N) is 1. The highest BCUT2D eigenvalue weighted by atomic mass is 19.4. The molecule has 0 bridgehead atoms. The number of rotatable bonds is 4. The minimum absolute atomic E-state index is 0.245. The number of nitrogen functional groups attached to an aromatic ring is 1. The summed E-state index contributed by atoms with van der Waals surface area (Å²) < 4.78 is 53.6. The second-order valence-electron chi connectivity index (χ2n) is 7.58. The predicted molar refractivity (Wildman–Crippen MR) is 116 cm³/mol. The summed E-state index contributed by atoms with van der Waals surface area (Å²) in [4.78, 5) is 20.6. The van der Waals surface area contributed by atoms with Crippen LogP contribution < -0.4 is 11.1 Å². The van der Waals surface area contributed by atoms with E-state index in [4.69, 9.17) is 5.73 Å². The van der Waals surface area contributed by atoms with Crippen molar-refractivity contribution in [3.63, 3.8) is 0 Å². The van der Waals surface area contributed by atoms with E-state index >= 15 is 0 Å². The lowest BCUT2D eigenvalue weighted by molar-refractivity contribution is -0.140. The standard InChI is InChI=1S/C22H18F4N6O2/c1-10-7-13(4-6-16(10)32-18-17(11(2)31-32)28-9-29-20(18)27)30-21(34)19(33)12-3-5-14(15(23)8-12)22(24,25)26/h3-9,19,33H,1-2H3,(H,30,34)(H2,27,28,29)/t19-/m1/s1. The van der Waals surface area contributed by atoms with Crippen molar-refractivity contribution in [2.45, 2.75) is 26.1 Å². The minimum atomic E-state index is -4.88. The Hall–Kier alpha value is -4.06. The quantitative estimate of drug-likeness (QED) is 0.387. The van der Waals surface area contributed by atoms with Gasteiger partial charge in [-0.05, 0) is 55.3 Å². The first kappa shape index (κ1) is 23.1. The lowest BCUT2D eigenvalue weighted by Crippen LogP contribution is -2.21. The smallest absolute Gasteiger partial charge is 0.382 e. The van der Waals surface area contributed by atoms with E-state index in [1.165, 1.54) is 6.33 Å². The molecular weight excluding hydrogens is 456 g/mol. The number of benzene rings is 2. The van der Waals surface area contributed by atoms with Crippen LogP contribution in [0.4, 0.5) is 29.1 Å². The fraction of sp³-hybridized carbons (Fsp3) is 0.182. The van der Waals surface area contributed by atoms with E-state index in [2.05, 4.69) is 20.4 Å². The van der Waals surface area contributed by atoms with Crippen molar-refractivity contribution in [2.75, 3.05) is 11.1 Å². The highest BCUT2D eigenvalue weighted by molar-refractivity contribution is 5.95. The number of nitrogens with one attached hydrogen (secondary N) is 1. The Morgan fingerprint density at radius 2 is 1.88 bits per heavy atom. The Balaban J connectivity index is 1.58. The van der Waals surface area contributed by atoms with Crippen LogP contribution in [0, 0.1) is 19.7 Å². The maximum Gasteiger partial charge on any atom is 0.419 e. The van der Waals surface area contributed by atoms with Crippen molar-refractivity contribution in [1.82, 2.24) is 19.7 Å². The number of aryl methyl sites for hydroxylation is 2. The van der Waals surface area contributed by atoms with Gasteiger partial charge in [-0.3, -0.25) is 4.79 Å². The third-order valence-corrected chi connectivity index (χ3v) is 5.21. The maximum absolute atomic E-state index is 13.8. The van der Waals surface area contributed by atoms with E-state index in [0.29, 0.717) is 45.8 Å². The number of aromatic nitrogens is 4. The number of carbonyl (C=O) groups is 1. The molecule has 34 heavy (non-hydrogen) atoms. The molecule has 12 heteroatoms. The number of halogens is 4. The van der Waals surface area contributed by atoms with Gasteiger partial charge in [0.25, 0.3) is 5.91 Å². The Morgan fingerprint density at radius 3 is 2.53 bits per heavy atom. The zero-order chi connectivity index (χ0) is 24.8. The average molecular weight is 474 g/mol. The van der Waals surface area contributed by atoms with Crippen LogP contribution in [0.25, 0.3) is 16.7 Å². The number of carbonyl (C=O) groups excluding carboxylic acids is 1.